The number of hydrogen-bond acceptors (Lipinski definition) is 7. The Morgan fingerprint density at radius 2 is 1.70 bits per heavy atom. The van der Waals surface area contributed by atoms with Gasteiger partial charge in [0.25, 0.3) is 5.91 Å². The summed E-state index contributed by atoms with van der Waals surface area (Å²) in [5, 5.41) is 10.5. The average Bonchev–Trinajstić information content (AvgIpc) is 3.29. The molecule has 1 heterocycles. The van der Waals surface area contributed by atoms with Gasteiger partial charge in [-0.05, 0) is 72.0 Å². The molecule has 0 radical (unpaired) electrons. The Hall–Kier alpha value is -3.62. The summed E-state index contributed by atoms with van der Waals surface area (Å²) in [7, 11) is 0. The van der Waals surface area contributed by atoms with Crippen molar-refractivity contribution in [3.63, 3.8) is 0 Å². The number of nitrogens with one attached hydrogen (secondary N) is 1. The molecule has 2 aromatic carbocycles. The summed E-state index contributed by atoms with van der Waals surface area (Å²) in [6.45, 7) is 6.96. The van der Waals surface area contributed by atoms with Crippen LogP contribution in [0.15, 0.2) is 47.1 Å². The lowest BCUT2D eigenvalue weighted by atomic mass is 10.1. The van der Waals surface area contributed by atoms with Gasteiger partial charge < -0.3 is 19.5 Å². The van der Waals surface area contributed by atoms with Crippen molar-refractivity contribution in [1.29, 1.82) is 0 Å². The summed E-state index contributed by atoms with van der Waals surface area (Å²) < 4.78 is 35.3. The normalized spacial score (nSPS) is 11.6. The minimum atomic E-state index is -0.812. The van der Waals surface area contributed by atoms with Crippen LogP contribution in [0.4, 0.5) is 10.2 Å². The van der Waals surface area contributed by atoms with E-state index in [9.17, 15) is 9.18 Å². The summed E-state index contributed by atoms with van der Waals surface area (Å²) in [6.07, 6.45) is 1.30. The first kappa shape index (κ1) is 24.0. The van der Waals surface area contributed by atoms with Crippen molar-refractivity contribution in [1.82, 2.24) is 10.3 Å². The molecule has 0 aliphatic carbocycles. The van der Waals surface area contributed by atoms with Crippen molar-refractivity contribution in [3.8, 4) is 28.5 Å². The van der Waals surface area contributed by atoms with Gasteiger partial charge in [-0.2, -0.15) is 0 Å². The Labute approximate surface area is 192 Å². The number of carbonyl (C=O) groups excluding carboxylic acids is 1. The number of rotatable bonds is 12. The minimum Gasteiger partial charge on any atom is -0.490 e. The maximum atomic E-state index is 13.1. The van der Waals surface area contributed by atoms with Gasteiger partial charge in [-0.25, -0.2) is 9.02 Å². The number of anilines is 1. The number of aromatic nitrogens is 2. The van der Waals surface area contributed by atoms with E-state index < -0.39 is 12.0 Å². The lowest BCUT2D eigenvalue weighted by Gasteiger charge is -2.16. The van der Waals surface area contributed by atoms with E-state index in [2.05, 4.69) is 15.6 Å². The molecule has 1 aromatic heterocycles. The highest BCUT2D eigenvalue weighted by molar-refractivity contribution is 5.96. The quantitative estimate of drug-likeness (QED) is 0.397. The monoisotopic (exact) mass is 457 g/mol. The molecule has 1 N–H and O–H groups in total. The first-order valence-corrected chi connectivity index (χ1v) is 11.0. The van der Waals surface area contributed by atoms with Gasteiger partial charge in [0, 0.05) is 5.56 Å². The predicted molar refractivity (Wildman–Crippen MR) is 121 cm³/mol. The van der Waals surface area contributed by atoms with Crippen molar-refractivity contribution in [2.24, 2.45) is 0 Å². The maximum absolute atomic E-state index is 13.1. The van der Waals surface area contributed by atoms with Crippen molar-refractivity contribution in [2.75, 3.05) is 18.5 Å². The predicted octanol–water partition coefficient (Wildman–Crippen LogP) is 5.25. The molecule has 0 fully saturated rings. The van der Waals surface area contributed by atoms with Crippen LogP contribution in [-0.2, 0) is 4.79 Å². The number of halogens is 1. The Balaban J connectivity index is 1.78. The first-order chi connectivity index (χ1) is 16.0. The van der Waals surface area contributed by atoms with Crippen LogP contribution in [0.2, 0.25) is 0 Å². The molecule has 1 atom stereocenters. The molecule has 1 amide bonds. The number of hydrogen-bond donors (Lipinski definition) is 1. The molecule has 3 rings (SSSR count). The van der Waals surface area contributed by atoms with Crippen molar-refractivity contribution in [2.45, 2.75) is 46.1 Å². The smallest absolute Gasteiger partial charge is 0.266 e. The second-order valence-corrected chi connectivity index (χ2v) is 7.28. The number of carbonyl (C=O) groups is 1. The highest BCUT2D eigenvalue weighted by Crippen LogP contribution is 2.34. The Bertz CT molecular complexity index is 1040. The van der Waals surface area contributed by atoms with E-state index in [1.807, 2.05) is 20.8 Å². The molecule has 0 spiro atoms. The van der Waals surface area contributed by atoms with Gasteiger partial charge >= 0.3 is 0 Å². The highest BCUT2D eigenvalue weighted by Gasteiger charge is 2.23. The van der Waals surface area contributed by atoms with Crippen molar-refractivity contribution in [3.05, 3.63) is 48.3 Å². The Morgan fingerprint density at radius 3 is 2.36 bits per heavy atom. The Kier molecular flexibility index (Phi) is 8.63. The van der Waals surface area contributed by atoms with E-state index in [-0.39, 0.29) is 11.6 Å². The molecule has 33 heavy (non-hydrogen) atoms. The second-order valence-electron chi connectivity index (χ2n) is 7.28. The van der Waals surface area contributed by atoms with E-state index in [1.165, 1.54) is 24.3 Å². The van der Waals surface area contributed by atoms with Crippen LogP contribution in [0.5, 0.6) is 17.2 Å². The SMILES string of the molecule is CCCOc1ccc(-c2nonc2NC(=O)C(CC)Oc2ccc(F)cc2)cc1OCCC. The summed E-state index contributed by atoms with van der Waals surface area (Å²) in [6, 6.07) is 10.8. The van der Waals surface area contributed by atoms with Gasteiger partial charge in [-0.1, -0.05) is 20.8 Å². The van der Waals surface area contributed by atoms with Gasteiger partial charge in [-0.3, -0.25) is 4.79 Å². The molecule has 8 nitrogen and oxygen atoms in total. The fraction of sp³-hybridized carbons (Fsp3) is 0.375. The van der Waals surface area contributed by atoms with Crippen molar-refractivity contribution >= 4 is 11.7 Å². The lowest BCUT2D eigenvalue weighted by Crippen LogP contribution is -2.32. The standard InChI is InChI=1S/C24H28FN3O5/c1-4-13-30-20-12-7-16(15-21(20)31-14-5-2)22-23(28-33-27-22)26-24(29)19(6-3)32-18-10-8-17(25)9-11-18/h7-12,15,19H,4-6,13-14H2,1-3H3,(H,26,28,29). The van der Waals surface area contributed by atoms with Gasteiger partial charge in [-0.15, -0.1) is 0 Å². The van der Waals surface area contributed by atoms with E-state index in [1.54, 1.807) is 18.2 Å². The third kappa shape index (κ3) is 6.44. The molecule has 3 aromatic rings. The molecular formula is C24H28FN3O5. The van der Waals surface area contributed by atoms with Crippen LogP contribution >= 0.6 is 0 Å². The largest absolute Gasteiger partial charge is 0.490 e. The molecule has 0 aliphatic heterocycles. The number of ether oxygens (including phenoxy) is 3. The van der Waals surface area contributed by atoms with Crippen LogP contribution < -0.4 is 19.5 Å². The number of nitrogens with zero attached hydrogens (tertiary/aromatic N) is 2. The average molecular weight is 458 g/mol. The molecule has 0 bridgehead atoms. The second kappa shape index (κ2) is 11.8. The van der Waals surface area contributed by atoms with Gasteiger partial charge in [0.05, 0.1) is 13.2 Å². The van der Waals surface area contributed by atoms with Crippen LogP contribution in [0.25, 0.3) is 11.3 Å². The summed E-state index contributed by atoms with van der Waals surface area (Å²) >= 11 is 0. The zero-order valence-corrected chi connectivity index (χ0v) is 19.0. The maximum Gasteiger partial charge on any atom is 0.266 e. The van der Waals surface area contributed by atoms with Crippen LogP contribution in [-0.4, -0.2) is 35.5 Å². The number of benzene rings is 2. The third-order valence-corrected chi connectivity index (χ3v) is 4.63. The van der Waals surface area contributed by atoms with Crippen molar-refractivity contribution < 1.29 is 28.0 Å². The van der Waals surface area contributed by atoms with E-state index >= 15 is 0 Å². The Morgan fingerprint density at radius 1 is 1.00 bits per heavy atom. The van der Waals surface area contributed by atoms with Gasteiger partial charge in [0.2, 0.25) is 5.82 Å². The molecule has 0 saturated heterocycles. The van der Waals surface area contributed by atoms with E-state index in [0.29, 0.717) is 48.1 Å². The summed E-state index contributed by atoms with van der Waals surface area (Å²) in [4.78, 5) is 12.8. The highest BCUT2D eigenvalue weighted by atomic mass is 19.1. The van der Waals surface area contributed by atoms with Gasteiger partial charge in [0.1, 0.15) is 11.6 Å². The minimum absolute atomic E-state index is 0.157. The molecule has 9 heteroatoms. The first-order valence-electron chi connectivity index (χ1n) is 11.0. The topological polar surface area (TPSA) is 95.7 Å². The van der Waals surface area contributed by atoms with Crippen LogP contribution in [0, 0.1) is 5.82 Å². The fourth-order valence-electron chi connectivity index (χ4n) is 2.97. The lowest BCUT2D eigenvalue weighted by molar-refractivity contribution is -0.122. The fourth-order valence-corrected chi connectivity index (χ4v) is 2.97. The zero-order chi connectivity index (χ0) is 23.6. The molecule has 0 aliphatic rings. The summed E-state index contributed by atoms with van der Waals surface area (Å²) in [5.74, 6) is 0.946. The zero-order valence-electron chi connectivity index (χ0n) is 19.0. The molecule has 176 valence electrons. The molecule has 1 unspecified atom stereocenters. The third-order valence-electron chi connectivity index (χ3n) is 4.63. The van der Waals surface area contributed by atoms with E-state index in [0.717, 1.165) is 12.8 Å². The number of amides is 1. The van der Waals surface area contributed by atoms with Gasteiger partial charge in [0.15, 0.2) is 23.3 Å². The molecule has 0 saturated carbocycles. The summed E-state index contributed by atoms with van der Waals surface area (Å²) in [5.41, 5.74) is 0.998. The van der Waals surface area contributed by atoms with Crippen LogP contribution in [0.1, 0.15) is 40.0 Å². The van der Waals surface area contributed by atoms with E-state index in [4.69, 9.17) is 18.8 Å². The van der Waals surface area contributed by atoms with Crippen LogP contribution in [0.3, 0.4) is 0 Å². The molecular weight excluding hydrogens is 429 g/mol.